The van der Waals surface area contributed by atoms with Crippen molar-refractivity contribution in [3.8, 4) is 0 Å². The first kappa shape index (κ1) is 21.9. The van der Waals surface area contributed by atoms with Crippen molar-refractivity contribution >= 4 is 33.0 Å². The third kappa shape index (κ3) is 5.02. The lowest BCUT2D eigenvalue weighted by Gasteiger charge is -2.13. The summed E-state index contributed by atoms with van der Waals surface area (Å²) in [6.45, 7) is 1.56. The van der Waals surface area contributed by atoms with Gasteiger partial charge in [0.05, 0.1) is 6.10 Å². The Hall–Kier alpha value is -2.82. The van der Waals surface area contributed by atoms with E-state index in [1.165, 1.54) is 17.5 Å². The van der Waals surface area contributed by atoms with Gasteiger partial charge >= 0.3 is 0 Å². The van der Waals surface area contributed by atoms with Crippen molar-refractivity contribution < 1.29 is 27.1 Å². The van der Waals surface area contributed by atoms with E-state index in [0.717, 1.165) is 29.0 Å². The van der Waals surface area contributed by atoms with Crippen LogP contribution in [-0.4, -0.2) is 26.0 Å². The van der Waals surface area contributed by atoms with Crippen LogP contribution in [0.5, 0.6) is 0 Å². The van der Waals surface area contributed by atoms with Gasteiger partial charge in [0.2, 0.25) is 0 Å². The van der Waals surface area contributed by atoms with Crippen molar-refractivity contribution in [3.05, 3.63) is 81.5 Å². The van der Waals surface area contributed by atoms with Gasteiger partial charge in [0.15, 0.2) is 11.6 Å². The molecule has 3 rings (SSSR count). The quantitative estimate of drug-likeness (QED) is 0.511. The Kier molecular flexibility index (Phi) is 6.49. The molecule has 3 aromatic rings. The van der Waals surface area contributed by atoms with E-state index in [2.05, 4.69) is 10.0 Å². The molecule has 0 aliphatic carbocycles. The number of benzene rings is 2. The molecule has 0 spiro atoms. The van der Waals surface area contributed by atoms with Crippen molar-refractivity contribution in [2.45, 2.75) is 17.9 Å². The third-order valence-electron chi connectivity index (χ3n) is 4.21. The highest BCUT2D eigenvalue weighted by Gasteiger charge is 2.24. The SMILES string of the molecule is Cc1ccc(NS(=O)(=O)c2ccsc2C(=O)NCC(O)c2ccc(F)c(F)c2)cc1. The number of sulfonamides is 1. The molecule has 1 atom stereocenters. The number of thiophene rings is 1. The van der Waals surface area contributed by atoms with Crippen LogP contribution < -0.4 is 10.0 Å². The second kappa shape index (κ2) is 8.90. The summed E-state index contributed by atoms with van der Waals surface area (Å²) in [5.41, 5.74) is 1.40. The second-order valence-electron chi connectivity index (χ2n) is 6.48. The first-order chi connectivity index (χ1) is 14.2. The summed E-state index contributed by atoms with van der Waals surface area (Å²) in [5.74, 6) is -2.88. The van der Waals surface area contributed by atoms with E-state index >= 15 is 0 Å². The Morgan fingerprint density at radius 1 is 1.10 bits per heavy atom. The number of carbonyl (C=O) groups excluding carboxylic acids is 1. The Labute approximate surface area is 176 Å². The predicted octanol–water partition coefficient (Wildman–Crippen LogP) is 3.60. The molecule has 1 unspecified atom stereocenters. The number of halogens is 2. The number of carbonyl (C=O) groups is 1. The number of nitrogens with one attached hydrogen (secondary N) is 2. The minimum Gasteiger partial charge on any atom is -0.387 e. The molecular weight excluding hydrogens is 434 g/mol. The summed E-state index contributed by atoms with van der Waals surface area (Å²) in [4.78, 5) is 12.2. The number of aliphatic hydroxyl groups is 1. The molecule has 0 aliphatic heterocycles. The fourth-order valence-electron chi connectivity index (χ4n) is 2.61. The Morgan fingerprint density at radius 3 is 2.47 bits per heavy atom. The number of hydrogen-bond donors (Lipinski definition) is 3. The van der Waals surface area contributed by atoms with E-state index in [9.17, 15) is 27.1 Å². The summed E-state index contributed by atoms with van der Waals surface area (Å²) in [6, 6.07) is 10.9. The number of aryl methyl sites for hydroxylation is 1. The van der Waals surface area contributed by atoms with Gasteiger partial charge in [-0.3, -0.25) is 9.52 Å². The van der Waals surface area contributed by atoms with Crippen molar-refractivity contribution in [2.75, 3.05) is 11.3 Å². The Morgan fingerprint density at radius 2 is 1.80 bits per heavy atom. The van der Waals surface area contributed by atoms with E-state index in [1.807, 2.05) is 6.92 Å². The predicted molar refractivity (Wildman–Crippen MR) is 110 cm³/mol. The lowest BCUT2D eigenvalue weighted by atomic mass is 10.1. The molecule has 0 radical (unpaired) electrons. The van der Waals surface area contributed by atoms with Crippen LogP contribution in [0.15, 0.2) is 58.8 Å². The van der Waals surface area contributed by atoms with Crippen LogP contribution >= 0.6 is 11.3 Å². The summed E-state index contributed by atoms with van der Waals surface area (Å²) >= 11 is 0.927. The van der Waals surface area contributed by atoms with E-state index in [1.54, 1.807) is 24.3 Å². The topological polar surface area (TPSA) is 95.5 Å². The zero-order valence-corrected chi connectivity index (χ0v) is 17.4. The van der Waals surface area contributed by atoms with Crippen LogP contribution in [0.25, 0.3) is 0 Å². The van der Waals surface area contributed by atoms with Crippen LogP contribution in [0.4, 0.5) is 14.5 Å². The summed E-state index contributed by atoms with van der Waals surface area (Å²) in [7, 11) is -4.01. The first-order valence-electron chi connectivity index (χ1n) is 8.75. The van der Waals surface area contributed by atoms with E-state index in [0.29, 0.717) is 5.69 Å². The zero-order chi connectivity index (χ0) is 21.9. The van der Waals surface area contributed by atoms with Crippen LogP contribution in [0.1, 0.15) is 26.9 Å². The minimum absolute atomic E-state index is 0.0629. The van der Waals surface area contributed by atoms with Gasteiger partial charge in [-0.15, -0.1) is 11.3 Å². The Balaban J connectivity index is 1.71. The highest BCUT2D eigenvalue weighted by atomic mass is 32.2. The van der Waals surface area contributed by atoms with Crippen LogP contribution in [0.2, 0.25) is 0 Å². The largest absolute Gasteiger partial charge is 0.387 e. The number of amides is 1. The molecule has 1 amide bonds. The molecular formula is C20H18F2N2O4S2. The maximum atomic E-state index is 13.3. The van der Waals surface area contributed by atoms with Gasteiger partial charge in [0.25, 0.3) is 15.9 Å². The van der Waals surface area contributed by atoms with Gasteiger partial charge in [0.1, 0.15) is 9.77 Å². The molecule has 2 aromatic carbocycles. The van der Waals surface area contributed by atoms with E-state index in [4.69, 9.17) is 0 Å². The zero-order valence-electron chi connectivity index (χ0n) is 15.7. The van der Waals surface area contributed by atoms with Gasteiger partial charge in [-0.1, -0.05) is 23.8 Å². The normalized spacial score (nSPS) is 12.4. The van der Waals surface area contributed by atoms with Crippen LogP contribution in [0, 0.1) is 18.6 Å². The second-order valence-corrected chi connectivity index (χ2v) is 9.05. The molecule has 1 heterocycles. The van der Waals surface area contributed by atoms with E-state index < -0.39 is 33.7 Å². The molecule has 0 saturated heterocycles. The average molecular weight is 453 g/mol. The molecule has 158 valence electrons. The van der Waals surface area contributed by atoms with Crippen LogP contribution in [-0.2, 0) is 10.0 Å². The average Bonchev–Trinajstić information content (AvgIpc) is 3.21. The van der Waals surface area contributed by atoms with Crippen molar-refractivity contribution in [3.63, 3.8) is 0 Å². The molecule has 10 heteroatoms. The third-order valence-corrected chi connectivity index (χ3v) is 6.68. The van der Waals surface area contributed by atoms with Gasteiger partial charge in [-0.05, 0) is 48.2 Å². The lowest BCUT2D eigenvalue weighted by molar-refractivity contribution is 0.0917. The highest BCUT2D eigenvalue weighted by molar-refractivity contribution is 7.93. The summed E-state index contributed by atoms with van der Waals surface area (Å²) in [6.07, 6.45) is -1.30. The van der Waals surface area contributed by atoms with Crippen molar-refractivity contribution in [1.82, 2.24) is 5.32 Å². The van der Waals surface area contributed by atoms with Gasteiger partial charge in [0, 0.05) is 12.2 Å². The maximum absolute atomic E-state index is 13.3. The smallest absolute Gasteiger partial charge is 0.263 e. The number of aliphatic hydroxyl groups excluding tert-OH is 1. The molecule has 6 nitrogen and oxygen atoms in total. The molecule has 30 heavy (non-hydrogen) atoms. The minimum atomic E-state index is -4.01. The van der Waals surface area contributed by atoms with Gasteiger partial charge < -0.3 is 10.4 Å². The molecule has 0 fully saturated rings. The monoisotopic (exact) mass is 452 g/mol. The summed E-state index contributed by atoms with van der Waals surface area (Å²) in [5, 5.41) is 14.0. The van der Waals surface area contributed by atoms with Gasteiger partial charge in [-0.25, -0.2) is 17.2 Å². The number of hydrogen-bond acceptors (Lipinski definition) is 5. The summed E-state index contributed by atoms with van der Waals surface area (Å²) < 4.78 is 54.1. The van der Waals surface area contributed by atoms with Crippen molar-refractivity contribution in [2.24, 2.45) is 0 Å². The molecule has 1 aromatic heterocycles. The van der Waals surface area contributed by atoms with Crippen molar-refractivity contribution in [1.29, 1.82) is 0 Å². The maximum Gasteiger partial charge on any atom is 0.263 e. The van der Waals surface area contributed by atoms with Gasteiger partial charge in [-0.2, -0.15) is 0 Å². The lowest BCUT2D eigenvalue weighted by Crippen LogP contribution is -2.29. The fraction of sp³-hybridized carbons (Fsp3) is 0.150. The fourth-order valence-corrected chi connectivity index (χ4v) is 5.02. The molecule has 0 bridgehead atoms. The van der Waals surface area contributed by atoms with E-state index in [-0.39, 0.29) is 21.9 Å². The number of rotatable bonds is 7. The highest BCUT2D eigenvalue weighted by Crippen LogP contribution is 2.25. The first-order valence-corrected chi connectivity index (χ1v) is 11.1. The molecule has 3 N–H and O–H groups in total. The molecule has 0 saturated carbocycles. The van der Waals surface area contributed by atoms with Crippen LogP contribution in [0.3, 0.4) is 0 Å². The standard InChI is InChI=1S/C20H18F2N2O4S2/c1-12-2-5-14(6-3-12)24-30(27,28)18-8-9-29-19(18)20(26)23-11-17(25)13-4-7-15(21)16(22)10-13/h2-10,17,24-25H,11H2,1H3,(H,23,26). The number of anilines is 1. The Bertz CT molecular complexity index is 1160. The molecule has 0 aliphatic rings.